The van der Waals surface area contributed by atoms with E-state index in [1.54, 1.807) is 20.8 Å². The number of hydrogen-bond acceptors (Lipinski definition) is 6. The van der Waals surface area contributed by atoms with Gasteiger partial charge in [-0.2, -0.15) is 0 Å². The van der Waals surface area contributed by atoms with E-state index >= 15 is 0 Å². The van der Waals surface area contributed by atoms with Gasteiger partial charge in [-0.1, -0.05) is 41.9 Å². The van der Waals surface area contributed by atoms with Gasteiger partial charge in [-0.3, -0.25) is 9.59 Å². The molecule has 0 heterocycles. The molecule has 1 amide bonds. The van der Waals surface area contributed by atoms with Crippen molar-refractivity contribution < 1.29 is 28.6 Å². The second-order valence-electron chi connectivity index (χ2n) is 7.72. The fourth-order valence-electron chi connectivity index (χ4n) is 2.49. The molecule has 0 aliphatic rings. The highest BCUT2D eigenvalue weighted by Gasteiger charge is 2.17. The van der Waals surface area contributed by atoms with E-state index < -0.39 is 17.7 Å². The molecule has 0 radical (unpaired) electrons. The summed E-state index contributed by atoms with van der Waals surface area (Å²) < 4.78 is 16.1. The Morgan fingerprint density at radius 2 is 1.81 bits per heavy atom. The molecule has 0 bridgehead atoms. The summed E-state index contributed by atoms with van der Waals surface area (Å²) in [6, 6.07) is 12.3. The van der Waals surface area contributed by atoms with Crippen molar-refractivity contribution in [3.63, 3.8) is 0 Å². The lowest BCUT2D eigenvalue weighted by Crippen LogP contribution is -2.33. The van der Waals surface area contributed by atoms with Crippen LogP contribution in [0.3, 0.4) is 0 Å². The quantitative estimate of drug-likeness (QED) is 0.253. The van der Waals surface area contributed by atoms with E-state index in [9.17, 15) is 14.4 Å². The van der Waals surface area contributed by atoms with Crippen molar-refractivity contribution in [3.8, 4) is 11.5 Å². The Hall–Kier alpha value is -3.06. The highest BCUT2D eigenvalue weighted by molar-refractivity contribution is 6.32. The van der Waals surface area contributed by atoms with Crippen molar-refractivity contribution in [2.75, 3.05) is 6.54 Å². The largest absolute Gasteiger partial charge is 0.487 e. The van der Waals surface area contributed by atoms with E-state index in [-0.39, 0.29) is 35.9 Å². The minimum atomic E-state index is -0.594. The van der Waals surface area contributed by atoms with Crippen molar-refractivity contribution in [1.29, 1.82) is 0 Å². The number of ether oxygens (including phenoxy) is 3. The van der Waals surface area contributed by atoms with Crippen LogP contribution in [0, 0.1) is 0 Å². The summed E-state index contributed by atoms with van der Waals surface area (Å²) in [7, 11) is 0. The molecule has 0 atom stereocenters. The zero-order valence-electron chi connectivity index (χ0n) is 17.8. The number of hydrogen-bond donors (Lipinski definition) is 1. The summed E-state index contributed by atoms with van der Waals surface area (Å²) in [6.07, 6.45) is 0.387. The van der Waals surface area contributed by atoms with Gasteiger partial charge in [0, 0.05) is 19.0 Å². The molecule has 0 aromatic heterocycles. The molecule has 1 N–H and O–H groups in total. The van der Waals surface area contributed by atoms with Crippen LogP contribution in [0.5, 0.6) is 11.5 Å². The van der Waals surface area contributed by atoms with Gasteiger partial charge in [-0.25, -0.2) is 4.79 Å². The molecule has 0 aliphatic heterocycles. The van der Waals surface area contributed by atoms with Gasteiger partial charge in [-0.05, 0) is 38.8 Å². The number of alkyl carbamates (subject to hydrolysis) is 1. The summed E-state index contributed by atoms with van der Waals surface area (Å²) in [4.78, 5) is 35.1. The van der Waals surface area contributed by atoms with Gasteiger partial charge in [0.25, 0.3) is 0 Å². The van der Waals surface area contributed by atoms with Crippen molar-refractivity contribution in [2.45, 2.75) is 45.8 Å². The average Bonchev–Trinajstić information content (AvgIpc) is 2.70. The predicted molar refractivity (Wildman–Crippen MR) is 117 cm³/mol. The number of nitrogens with one attached hydrogen (secondary N) is 1. The molecule has 0 saturated heterocycles. The van der Waals surface area contributed by atoms with Gasteiger partial charge in [0.05, 0.1) is 10.6 Å². The molecule has 2 aromatic rings. The van der Waals surface area contributed by atoms with Gasteiger partial charge in [0.1, 0.15) is 23.7 Å². The first kappa shape index (κ1) is 24.2. The van der Waals surface area contributed by atoms with Crippen molar-refractivity contribution in [3.05, 3.63) is 58.6 Å². The van der Waals surface area contributed by atoms with Crippen molar-refractivity contribution in [2.24, 2.45) is 0 Å². The zero-order chi connectivity index (χ0) is 22.9. The van der Waals surface area contributed by atoms with Gasteiger partial charge in [0.15, 0.2) is 6.29 Å². The summed E-state index contributed by atoms with van der Waals surface area (Å²) in [5, 5.41) is 2.80. The number of carbonyl (C=O) groups excluding carboxylic acids is 3. The third kappa shape index (κ3) is 8.68. The minimum Gasteiger partial charge on any atom is -0.487 e. The maximum atomic E-state index is 12.2. The van der Waals surface area contributed by atoms with E-state index in [0.717, 1.165) is 5.56 Å². The summed E-state index contributed by atoms with van der Waals surface area (Å²) in [6.45, 7) is 5.80. The molecule has 0 unspecified atom stereocenters. The Morgan fingerprint density at radius 3 is 2.45 bits per heavy atom. The molecule has 31 heavy (non-hydrogen) atoms. The highest BCUT2D eigenvalue weighted by Crippen LogP contribution is 2.33. The summed E-state index contributed by atoms with van der Waals surface area (Å²) in [5.74, 6) is -0.191. The lowest BCUT2D eigenvalue weighted by atomic mass is 10.2. The van der Waals surface area contributed by atoms with Gasteiger partial charge >= 0.3 is 12.1 Å². The van der Waals surface area contributed by atoms with Crippen LogP contribution in [-0.4, -0.2) is 30.5 Å². The number of rotatable bonds is 9. The monoisotopic (exact) mass is 447 g/mol. The second-order valence-corrected chi connectivity index (χ2v) is 8.13. The molecule has 2 aromatic carbocycles. The SMILES string of the molecule is CC(C)(C)OC(=O)NCCCC(=O)Oc1cc(OCc2ccccc2)c(Cl)cc1C=O. The molecule has 0 spiro atoms. The minimum absolute atomic E-state index is 0.0386. The first-order chi connectivity index (χ1) is 14.7. The van der Waals surface area contributed by atoms with Crippen LogP contribution in [0.4, 0.5) is 4.79 Å². The van der Waals surface area contributed by atoms with Gasteiger partial charge in [0.2, 0.25) is 0 Å². The van der Waals surface area contributed by atoms with Gasteiger partial charge < -0.3 is 19.5 Å². The maximum absolute atomic E-state index is 12.2. The highest BCUT2D eigenvalue weighted by atomic mass is 35.5. The molecule has 0 aliphatic carbocycles. The Labute approximate surface area is 186 Å². The van der Waals surface area contributed by atoms with E-state index in [1.165, 1.54) is 12.1 Å². The van der Waals surface area contributed by atoms with Crippen LogP contribution in [0.15, 0.2) is 42.5 Å². The number of aldehydes is 1. The van der Waals surface area contributed by atoms with E-state index in [2.05, 4.69) is 5.32 Å². The van der Waals surface area contributed by atoms with Crippen LogP contribution in [0.1, 0.15) is 49.5 Å². The Morgan fingerprint density at radius 1 is 1.10 bits per heavy atom. The average molecular weight is 448 g/mol. The fourth-order valence-corrected chi connectivity index (χ4v) is 2.71. The van der Waals surface area contributed by atoms with E-state index in [0.29, 0.717) is 18.5 Å². The lowest BCUT2D eigenvalue weighted by Gasteiger charge is -2.19. The normalized spacial score (nSPS) is 10.8. The second kappa shape index (κ2) is 11.4. The van der Waals surface area contributed by atoms with Crippen LogP contribution >= 0.6 is 11.6 Å². The fraction of sp³-hybridized carbons (Fsp3) is 0.348. The van der Waals surface area contributed by atoms with Crippen LogP contribution in [-0.2, 0) is 16.1 Å². The number of halogens is 1. The Kier molecular flexibility index (Phi) is 8.88. The van der Waals surface area contributed by atoms with E-state index in [4.69, 9.17) is 25.8 Å². The smallest absolute Gasteiger partial charge is 0.407 e. The van der Waals surface area contributed by atoms with Crippen LogP contribution in [0.2, 0.25) is 5.02 Å². The zero-order valence-corrected chi connectivity index (χ0v) is 18.5. The molecule has 2 rings (SSSR count). The molecular formula is C23H26ClNO6. The summed E-state index contributed by atoms with van der Waals surface area (Å²) >= 11 is 6.18. The third-order valence-corrected chi connectivity index (χ3v) is 4.17. The molecule has 7 nitrogen and oxygen atoms in total. The first-order valence-corrected chi connectivity index (χ1v) is 10.2. The van der Waals surface area contributed by atoms with Crippen molar-refractivity contribution in [1.82, 2.24) is 5.32 Å². The van der Waals surface area contributed by atoms with Crippen molar-refractivity contribution >= 4 is 29.9 Å². The third-order valence-electron chi connectivity index (χ3n) is 3.88. The predicted octanol–water partition coefficient (Wildman–Crippen LogP) is 4.94. The number of benzene rings is 2. The number of amides is 1. The molecule has 0 fully saturated rings. The Balaban J connectivity index is 1.91. The first-order valence-electron chi connectivity index (χ1n) is 9.81. The van der Waals surface area contributed by atoms with E-state index in [1.807, 2.05) is 30.3 Å². The number of carbonyl (C=O) groups is 3. The molecule has 166 valence electrons. The standard InChI is InChI=1S/C23H26ClNO6/c1-23(2,3)31-22(28)25-11-7-10-21(27)30-19-13-20(18(24)12-17(19)14-26)29-15-16-8-5-4-6-9-16/h4-6,8-9,12-14H,7,10-11,15H2,1-3H3,(H,25,28). The van der Waals surface area contributed by atoms with Crippen LogP contribution < -0.4 is 14.8 Å². The van der Waals surface area contributed by atoms with Gasteiger partial charge in [-0.15, -0.1) is 0 Å². The number of esters is 1. The molecule has 0 saturated carbocycles. The molecular weight excluding hydrogens is 422 g/mol. The summed E-state index contributed by atoms with van der Waals surface area (Å²) in [5.41, 5.74) is 0.481. The lowest BCUT2D eigenvalue weighted by molar-refractivity contribution is -0.134. The Bertz CT molecular complexity index is 908. The molecule has 8 heteroatoms. The van der Waals surface area contributed by atoms with Crippen LogP contribution in [0.25, 0.3) is 0 Å². The maximum Gasteiger partial charge on any atom is 0.407 e. The topological polar surface area (TPSA) is 90.9 Å².